The summed E-state index contributed by atoms with van der Waals surface area (Å²) in [7, 11) is 0. The molecule has 0 atom stereocenters. The lowest BCUT2D eigenvalue weighted by molar-refractivity contribution is 1.13. The van der Waals surface area contributed by atoms with Crippen LogP contribution in [-0.4, -0.2) is 24.9 Å². The summed E-state index contributed by atoms with van der Waals surface area (Å²) < 4.78 is 0.910. The molecular formula is C17H12BrN5. The van der Waals surface area contributed by atoms with Gasteiger partial charge in [-0.05, 0) is 47.1 Å². The van der Waals surface area contributed by atoms with Crippen LogP contribution in [0, 0.1) is 6.92 Å². The van der Waals surface area contributed by atoms with E-state index in [-0.39, 0.29) is 0 Å². The first-order valence-electron chi connectivity index (χ1n) is 7.11. The van der Waals surface area contributed by atoms with Gasteiger partial charge in [-0.15, -0.1) is 0 Å². The summed E-state index contributed by atoms with van der Waals surface area (Å²) in [6.07, 6.45) is 5.41. The standard InChI is InChI=1S/C17H12BrN5/c1-10-3-2-4-14(21-10)17-22-15(11-7-12(18)9-19-8-11)13-5-6-20-16(13)23-17/h2-9H,1H3,(H,20,22,23). The Hall–Kier alpha value is -2.60. The van der Waals surface area contributed by atoms with E-state index in [1.807, 2.05) is 43.5 Å². The lowest BCUT2D eigenvalue weighted by Crippen LogP contribution is -1.97. The number of nitrogens with one attached hydrogen (secondary N) is 1. The van der Waals surface area contributed by atoms with Gasteiger partial charge in [-0.2, -0.15) is 0 Å². The molecular weight excluding hydrogens is 354 g/mol. The molecule has 0 saturated carbocycles. The number of hydrogen-bond acceptors (Lipinski definition) is 4. The van der Waals surface area contributed by atoms with Crippen molar-refractivity contribution in [1.29, 1.82) is 0 Å². The van der Waals surface area contributed by atoms with E-state index >= 15 is 0 Å². The number of H-pyrrole nitrogens is 1. The first-order valence-corrected chi connectivity index (χ1v) is 7.90. The van der Waals surface area contributed by atoms with E-state index in [0.29, 0.717) is 5.82 Å². The van der Waals surface area contributed by atoms with Crippen LogP contribution in [0.25, 0.3) is 33.8 Å². The molecule has 6 heteroatoms. The van der Waals surface area contributed by atoms with Gasteiger partial charge in [0.25, 0.3) is 0 Å². The highest BCUT2D eigenvalue weighted by Crippen LogP contribution is 2.29. The SMILES string of the molecule is Cc1cccc(-c2nc(-c3cncc(Br)c3)c3cc[nH]c3n2)n1. The zero-order chi connectivity index (χ0) is 15.8. The molecule has 0 aliphatic carbocycles. The Morgan fingerprint density at radius 2 is 1.96 bits per heavy atom. The van der Waals surface area contributed by atoms with Crippen molar-refractivity contribution >= 4 is 27.0 Å². The van der Waals surface area contributed by atoms with Crippen LogP contribution in [0.4, 0.5) is 0 Å². The van der Waals surface area contributed by atoms with Crippen LogP contribution in [0.1, 0.15) is 5.69 Å². The van der Waals surface area contributed by atoms with Crippen molar-refractivity contribution in [3.63, 3.8) is 0 Å². The van der Waals surface area contributed by atoms with Gasteiger partial charge >= 0.3 is 0 Å². The van der Waals surface area contributed by atoms with Gasteiger partial charge in [0.15, 0.2) is 5.82 Å². The molecule has 4 aromatic heterocycles. The Balaban J connectivity index is 1.98. The van der Waals surface area contributed by atoms with Gasteiger partial charge in [0.2, 0.25) is 0 Å². The first kappa shape index (κ1) is 14.0. The first-order chi connectivity index (χ1) is 11.2. The van der Waals surface area contributed by atoms with E-state index in [1.54, 1.807) is 12.4 Å². The minimum absolute atomic E-state index is 0.596. The van der Waals surface area contributed by atoms with Gasteiger partial charge in [-0.1, -0.05) is 6.07 Å². The highest BCUT2D eigenvalue weighted by Gasteiger charge is 2.13. The molecule has 0 saturated heterocycles. The minimum atomic E-state index is 0.596. The zero-order valence-corrected chi connectivity index (χ0v) is 13.9. The van der Waals surface area contributed by atoms with Gasteiger partial charge < -0.3 is 4.98 Å². The van der Waals surface area contributed by atoms with Crippen molar-refractivity contribution in [3.05, 3.63) is 59.1 Å². The molecule has 4 rings (SSSR count). The van der Waals surface area contributed by atoms with Gasteiger partial charge in [-0.25, -0.2) is 15.0 Å². The number of aromatic amines is 1. The molecule has 23 heavy (non-hydrogen) atoms. The average molecular weight is 366 g/mol. The summed E-state index contributed by atoms with van der Waals surface area (Å²) in [6, 6.07) is 9.80. The highest BCUT2D eigenvalue weighted by atomic mass is 79.9. The second kappa shape index (κ2) is 5.55. The van der Waals surface area contributed by atoms with E-state index in [2.05, 4.69) is 35.9 Å². The van der Waals surface area contributed by atoms with Crippen LogP contribution in [0.2, 0.25) is 0 Å². The summed E-state index contributed by atoms with van der Waals surface area (Å²) in [5, 5.41) is 0.960. The Bertz CT molecular complexity index is 1010. The third-order valence-electron chi connectivity index (χ3n) is 3.51. The van der Waals surface area contributed by atoms with Crippen LogP contribution >= 0.6 is 15.9 Å². The van der Waals surface area contributed by atoms with Crippen LogP contribution in [0.3, 0.4) is 0 Å². The van der Waals surface area contributed by atoms with Crippen LogP contribution in [0.15, 0.2) is 53.4 Å². The summed E-state index contributed by atoms with van der Waals surface area (Å²) in [6.45, 7) is 1.95. The maximum Gasteiger partial charge on any atom is 0.180 e. The fourth-order valence-corrected chi connectivity index (χ4v) is 2.85. The zero-order valence-electron chi connectivity index (χ0n) is 12.3. The van der Waals surface area contributed by atoms with Gasteiger partial charge in [-0.3, -0.25) is 4.98 Å². The second-order valence-corrected chi connectivity index (χ2v) is 6.11. The van der Waals surface area contributed by atoms with E-state index in [1.165, 1.54) is 0 Å². The Morgan fingerprint density at radius 3 is 2.78 bits per heavy atom. The molecule has 0 aliphatic rings. The molecule has 0 aliphatic heterocycles. The molecule has 112 valence electrons. The second-order valence-electron chi connectivity index (χ2n) is 5.19. The number of nitrogens with zero attached hydrogens (tertiary/aromatic N) is 4. The fraction of sp³-hybridized carbons (Fsp3) is 0.0588. The Labute approximate surface area is 141 Å². The number of hydrogen-bond donors (Lipinski definition) is 1. The van der Waals surface area contributed by atoms with Crippen LogP contribution < -0.4 is 0 Å². The highest BCUT2D eigenvalue weighted by molar-refractivity contribution is 9.10. The smallest absolute Gasteiger partial charge is 0.180 e. The predicted molar refractivity (Wildman–Crippen MR) is 92.8 cm³/mol. The van der Waals surface area contributed by atoms with E-state index < -0.39 is 0 Å². The molecule has 0 amide bonds. The summed E-state index contributed by atoms with van der Waals surface area (Å²) >= 11 is 3.46. The van der Waals surface area contributed by atoms with Crippen molar-refractivity contribution in [2.24, 2.45) is 0 Å². The van der Waals surface area contributed by atoms with Crippen LogP contribution in [0.5, 0.6) is 0 Å². The number of aryl methyl sites for hydroxylation is 1. The van der Waals surface area contributed by atoms with Gasteiger partial charge in [0, 0.05) is 39.7 Å². The monoisotopic (exact) mass is 365 g/mol. The van der Waals surface area contributed by atoms with E-state index in [9.17, 15) is 0 Å². The summed E-state index contributed by atoms with van der Waals surface area (Å²) in [4.78, 5) is 21.3. The maximum atomic E-state index is 4.74. The van der Waals surface area contributed by atoms with E-state index in [4.69, 9.17) is 4.98 Å². The van der Waals surface area contributed by atoms with Gasteiger partial charge in [0.05, 0.1) is 5.69 Å². The molecule has 0 spiro atoms. The number of rotatable bonds is 2. The molecule has 1 N–H and O–H groups in total. The largest absolute Gasteiger partial charge is 0.346 e. The van der Waals surface area contributed by atoms with Crippen molar-refractivity contribution < 1.29 is 0 Å². The summed E-state index contributed by atoms with van der Waals surface area (Å²) in [5.74, 6) is 0.596. The molecule has 0 aromatic carbocycles. The fourth-order valence-electron chi connectivity index (χ4n) is 2.48. The van der Waals surface area contributed by atoms with E-state index in [0.717, 1.165) is 38.2 Å². The average Bonchev–Trinajstić information content (AvgIpc) is 3.02. The predicted octanol–water partition coefficient (Wildman–Crippen LogP) is 4.15. The number of fused-ring (bicyclic) bond motifs is 1. The third-order valence-corrected chi connectivity index (χ3v) is 3.95. The molecule has 0 bridgehead atoms. The van der Waals surface area contributed by atoms with Crippen molar-refractivity contribution in [1.82, 2.24) is 24.9 Å². The van der Waals surface area contributed by atoms with Crippen LogP contribution in [-0.2, 0) is 0 Å². The minimum Gasteiger partial charge on any atom is -0.346 e. The normalized spacial score (nSPS) is 11.0. The van der Waals surface area contributed by atoms with Crippen molar-refractivity contribution in [2.45, 2.75) is 6.92 Å². The number of aromatic nitrogens is 5. The number of pyridine rings is 2. The molecule has 4 heterocycles. The number of halogens is 1. The topological polar surface area (TPSA) is 67.3 Å². The Morgan fingerprint density at radius 1 is 1.04 bits per heavy atom. The lowest BCUT2D eigenvalue weighted by atomic mass is 10.1. The van der Waals surface area contributed by atoms with Crippen molar-refractivity contribution in [2.75, 3.05) is 0 Å². The summed E-state index contributed by atoms with van der Waals surface area (Å²) in [5.41, 5.74) is 4.24. The lowest BCUT2D eigenvalue weighted by Gasteiger charge is -2.07. The third kappa shape index (κ3) is 2.61. The molecule has 0 unspecified atom stereocenters. The quantitative estimate of drug-likeness (QED) is 0.579. The molecule has 0 fully saturated rings. The molecule has 4 aromatic rings. The molecule has 0 radical (unpaired) electrons. The maximum absolute atomic E-state index is 4.74. The molecule has 5 nitrogen and oxygen atoms in total. The Kier molecular flexibility index (Phi) is 3.38. The van der Waals surface area contributed by atoms with Crippen molar-refractivity contribution in [3.8, 4) is 22.8 Å². The van der Waals surface area contributed by atoms with Gasteiger partial charge in [0.1, 0.15) is 11.3 Å².